The summed E-state index contributed by atoms with van der Waals surface area (Å²) in [6, 6.07) is 8.66. The molecule has 0 radical (unpaired) electrons. The first-order valence-corrected chi connectivity index (χ1v) is 6.65. The number of benzene rings is 2. The maximum Gasteiger partial charge on any atom is 0.244 e. The van der Waals surface area contributed by atoms with Gasteiger partial charge in [-0.1, -0.05) is 18.2 Å². The first-order chi connectivity index (χ1) is 10.5. The Labute approximate surface area is 126 Å². The molecule has 0 saturated carbocycles. The van der Waals surface area contributed by atoms with Crippen molar-refractivity contribution in [3.8, 4) is 0 Å². The number of hydrogen-bond acceptors (Lipinski definition) is 1. The molecule has 2 rings (SSSR count). The minimum absolute atomic E-state index is 0.353. The average molecular weight is 305 g/mol. The monoisotopic (exact) mass is 305 g/mol. The van der Waals surface area contributed by atoms with Crippen molar-refractivity contribution >= 4 is 12.0 Å². The van der Waals surface area contributed by atoms with E-state index in [1.807, 2.05) is 0 Å². The van der Waals surface area contributed by atoms with Crippen LogP contribution in [0.15, 0.2) is 48.5 Å². The van der Waals surface area contributed by atoms with Gasteiger partial charge in [-0.3, -0.25) is 4.79 Å². The summed E-state index contributed by atoms with van der Waals surface area (Å²) in [6.07, 6.45) is 2.83. The van der Waals surface area contributed by atoms with Crippen molar-refractivity contribution in [2.24, 2.45) is 0 Å². The minimum Gasteiger partial charge on any atom is -0.346 e. The van der Waals surface area contributed by atoms with Gasteiger partial charge in [0.2, 0.25) is 5.91 Å². The predicted molar refractivity (Wildman–Crippen MR) is 78.3 cm³/mol. The van der Waals surface area contributed by atoms with Crippen LogP contribution in [0.25, 0.3) is 6.08 Å². The molecule has 1 unspecified atom stereocenters. The predicted octanol–water partition coefficient (Wildman–Crippen LogP) is 3.99. The molecule has 5 heteroatoms. The quantitative estimate of drug-likeness (QED) is 0.850. The fourth-order valence-electron chi connectivity index (χ4n) is 1.87. The summed E-state index contributed by atoms with van der Waals surface area (Å²) in [5, 5.41) is 2.64. The molecular formula is C17H14F3NO. The lowest BCUT2D eigenvalue weighted by Gasteiger charge is -2.13. The summed E-state index contributed by atoms with van der Waals surface area (Å²) in [4.78, 5) is 11.8. The molecule has 1 atom stereocenters. The molecule has 0 aliphatic heterocycles. The molecule has 0 aromatic heterocycles. The lowest BCUT2D eigenvalue weighted by molar-refractivity contribution is -0.117. The first kappa shape index (κ1) is 15.8. The Morgan fingerprint density at radius 2 is 1.73 bits per heavy atom. The van der Waals surface area contributed by atoms with Gasteiger partial charge in [-0.2, -0.15) is 0 Å². The number of halogens is 3. The maximum absolute atomic E-state index is 13.1. The van der Waals surface area contributed by atoms with Gasteiger partial charge in [0, 0.05) is 6.08 Å². The molecule has 1 N–H and O–H groups in total. The van der Waals surface area contributed by atoms with E-state index >= 15 is 0 Å². The lowest BCUT2D eigenvalue weighted by Crippen LogP contribution is -2.24. The second-order valence-electron chi connectivity index (χ2n) is 4.79. The Hall–Kier alpha value is -2.56. The summed E-state index contributed by atoms with van der Waals surface area (Å²) in [6.45, 7) is 1.66. The molecule has 22 heavy (non-hydrogen) atoms. The molecule has 2 nitrogen and oxygen atoms in total. The van der Waals surface area contributed by atoms with Crippen molar-refractivity contribution in [1.29, 1.82) is 0 Å². The number of nitrogens with one attached hydrogen (secondary N) is 1. The van der Waals surface area contributed by atoms with Crippen LogP contribution in [0.5, 0.6) is 0 Å². The van der Waals surface area contributed by atoms with Gasteiger partial charge in [0.25, 0.3) is 0 Å². The zero-order valence-corrected chi connectivity index (χ0v) is 11.8. The third-order valence-electron chi connectivity index (χ3n) is 3.10. The summed E-state index contributed by atoms with van der Waals surface area (Å²) in [7, 11) is 0. The molecule has 0 aliphatic carbocycles. The molecule has 0 aliphatic rings. The first-order valence-electron chi connectivity index (χ1n) is 6.65. The van der Waals surface area contributed by atoms with Gasteiger partial charge in [-0.25, -0.2) is 13.2 Å². The van der Waals surface area contributed by atoms with E-state index < -0.39 is 17.7 Å². The number of hydrogen-bond donors (Lipinski definition) is 1. The molecule has 2 aromatic carbocycles. The van der Waals surface area contributed by atoms with Crippen LogP contribution in [-0.4, -0.2) is 5.91 Å². The number of amides is 1. The number of carbonyl (C=O) groups is 1. The van der Waals surface area contributed by atoms with Crippen LogP contribution in [0.3, 0.4) is 0 Å². The number of rotatable bonds is 4. The second-order valence-corrected chi connectivity index (χ2v) is 4.79. The zero-order valence-electron chi connectivity index (χ0n) is 11.8. The molecule has 0 heterocycles. The fraction of sp³-hybridized carbons (Fsp3) is 0.118. The van der Waals surface area contributed by atoms with Gasteiger partial charge in [0.1, 0.15) is 5.82 Å². The molecule has 0 saturated heterocycles. The average Bonchev–Trinajstić information content (AvgIpc) is 2.49. The third-order valence-corrected chi connectivity index (χ3v) is 3.10. The van der Waals surface area contributed by atoms with Crippen molar-refractivity contribution in [2.45, 2.75) is 13.0 Å². The number of carbonyl (C=O) groups excluding carboxylic acids is 1. The molecule has 1 amide bonds. The lowest BCUT2D eigenvalue weighted by atomic mass is 10.1. The van der Waals surface area contributed by atoms with Crippen LogP contribution in [0.1, 0.15) is 24.1 Å². The van der Waals surface area contributed by atoms with Gasteiger partial charge < -0.3 is 5.32 Å². The fourth-order valence-corrected chi connectivity index (χ4v) is 1.87. The van der Waals surface area contributed by atoms with E-state index in [-0.39, 0.29) is 11.7 Å². The van der Waals surface area contributed by atoms with E-state index in [0.717, 1.165) is 12.1 Å². The second kappa shape index (κ2) is 6.93. The largest absolute Gasteiger partial charge is 0.346 e. The van der Waals surface area contributed by atoms with Crippen molar-refractivity contribution in [2.75, 3.05) is 0 Å². The summed E-state index contributed by atoms with van der Waals surface area (Å²) >= 11 is 0. The van der Waals surface area contributed by atoms with E-state index in [1.165, 1.54) is 42.5 Å². The molecule has 0 bridgehead atoms. The zero-order chi connectivity index (χ0) is 16.1. The summed E-state index contributed by atoms with van der Waals surface area (Å²) < 4.78 is 38.8. The van der Waals surface area contributed by atoms with Crippen LogP contribution in [0, 0.1) is 17.5 Å². The van der Waals surface area contributed by atoms with Crippen LogP contribution < -0.4 is 5.32 Å². The van der Waals surface area contributed by atoms with Crippen molar-refractivity contribution < 1.29 is 18.0 Å². The van der Waals surface area contributed by atoms with Crippen LogP contribution >= 0.6 is 0 Å². The topological polar surface area (TPSA) is 29.1 Å². The normalized spacial score (nSPS) is 12.4. The molecule has 0 fully saturated rings. The smallest absolute Gasteiger partial charge is 0.244 e. The Kier molecular flexibility index (Phi) is 4.99. The van der Waals surface area contributed by atoms with Crippen LogP contribution in [-0.2, 0) is 4.79 Å². The maximum atomic E-state index is 13.1. The van der Waals surface area contributed by atoms with Crippen LogP contribution in [0.2, 0.25) is 0 Å². The van der Waals surface area contributed by atoms with Gasteiger partial charge in [-0.05, 0) is 48.4 Å². The Morgan fingerprint density at radius 3 is 2.36 bits per heavy atom. The highest BCUT2D eigenvalue weighted by Crippen LogP contribution is 2.16. The van der Waals surface area contributed by atoms with Crippen LogP contribution in [0.4, 0.5) is 13.2 Å². The molecular weight excluding hydrogens is 291 g/mol. The molecule has 114 valence electrons. The third kappa shape index (κ3) is 4.22. The molecule has 0 spiro atoms. The van der Waals surface area contributed by atoms with Crippen molar-refractivity contribution in [3.63, 3.8) is 0 Å². The Balaban J connectivity index is 1.98. The Morgan fingerprint density at radius 1 is 1.05 bits per heavy atom. The van der Waals surface area contributed by atoms with Gasteiger partial charge in [0.05, 0.1) is 6.04 Å². The SMILES string of the molecule is CC(NC(=O)/C=C/c1ccc(F)cc1)c1ccc(F)c(F)c1. The van der Waals surface area contributed by atoms with E-state index in [4.69, 9.17) is 0 Å². The van der Waals surface area contributed by atoms with Crippen molar-refractivity contribution in [1.82, 2.24) is 5.32 Å². The van der Waals surface area contributed by atoms with E-state index in [0.29, 0.717) is 11.1 Å². The van der Waals surface area contributed by atoms with Gasteiger partial charge in [-0.15, -0.1) is 0 Å². The van der Waals surface area contributed by atoms with E-state index in [2.05, 4.69) is 5.32 Å². The summed E-state index contributed by atoms with van der Waals surface area (Å²) in [5.74, 6) is -2.63. The highest BCUT2D eigenvalue weighted by molar-refractivity contribution is 5.91. The van der Waals surface area contributed by atoms with Gasteiger partial charge in [0.15, 0.2) is 11.6 Å². The molecule has 2 aromatic rings. The summed E-state index contributed by atoms with van der Waals surface area (Å²) in [5.41, 5.74) is 1.14. The highest BCUT2D eigenvalue weighted by Gasteiger charge is 2.10. The van der Waals surface area contributed by atoms with Gasteiger partial charge >= 0.3 is 0 Å². The highest BCUT2D eigenvalue weighted by atomic mass is 19.2. The van der Waals surface area contributed by atoms with E-state index in [1.54, 1.807) is 6.92 Å². The standard InChI is InChI=1S/C17H14F3NO/c1-11(13-5-8-15(19)16(20)10-13)21-17(22)9-4-12-2-6-14(18)7-3-12/h2-11H,1H3,(H,21,22)/b9-4+. The van der Waals surface area contributed by atoms with Crippen molar-refractivity contribution in [3.05, 3.63) is 77.1 Å². The van der Waals surface area contributed by atoms with E-state index in [9.17, 15) is 18.0 Å². The Bertz CT molecular complexity index is 696. The minimum atomic E-state index is -0.958.